The molecule has 1 heterocycles. The molecule has 16 heavy (non-hydrogen) atoms. The number of hydrogen-bond acceptors (Lipinski definition) is 3. The highest BCUT2D eigenvalue weighted by atomic mass is 16.3. The van der Waals surface area contributed by atoms with Gasteiger partial charge in [-0.3, -0.25) is 4.79 Å². The number of carbonyl (C=O) groups excluding carboxylic acids is 1. The van der Waals surface area contributed by atoms with Crippen LogP contribution in [0.5, 0.6) is 0 Å². The largest absolute Gasteiger partial charge is 0.392 e. The summed E-state index contributed by atoms with van der Waals surface area (Å²) < 4.78 is 0. The number of hydrogen-bond donors (Lipinski definition) is 3. The van der Waals surface area contributed by atoms with Crippen LogP contribution in [-0.2, 0) is 6.61 Å². The number of benzene rings is 1. The number of aromatic amines is 1. The van der Waals surface area contributed by atoms with Crippen LogP contribution >= 0.6 is 0 Å². The number of anilines is 1. The van der Waals surface area contributed by atoms with E-state index in [1.54, 1.807) is 24.3 Å². The van der Waals surface area contributed by atoms with Crippen molar-refractivity contribution in [3.05, 3.63) is 48.0 Å². The Balaban J connectivity index is 2.12. The zero-order chi connectivity index (χ0) is 11.4. The molecule has 2 rings (SSSR count). The number of nitrogens with one attached hydrogen (secondary N) is 2. The average molecular weight is 217 g/mol. The lowest BCUT2D eigenvalue weighted by atomic mass is 10.2. The van der Waals surface area contributed by atoms with Crippen molar-refractivity contribution < 1.29 is 9.90 Å². The zero-order valence-electron chi connectivity index (χ0n) is 8.47. The van der Waals surface area contributed by atoms with Crippen LogP contribution in [0.3, 0.4) is 0 Å². The number of H-pyrrole nitrogens is 1. The van der Waals surface area contributed by atoms with Gasteiger partial charge in [0.05, 0.1) is 19.1 Å². The van der Waals surface area contributed by atoms with Crippen molar-refractivity contribution in [2.45, 2.75) is 6.61 Å². The maximum atomic E-state index is 11.6. The van der Waals surface area contributed by atoms with Crippen molar-refractivity contribution in [1.82, 2.24) is 9.97 Å². The minimum atomic E-state index is -0.257. The number of imidazole rings is 1. The van der Waals surface area contributed by atoms with Crippen molar-refractivity contribution in [1.29, 1.82) is 0 Å². The standard InChI is InChI=1S/C11H11N3O2/c15-6-8-2-1-3-9(4-8)14-11(16)10-5-12-7-13-10/h1-5,7,15H,6H2,(H,12,13)(H,14,16). The van der Waals surface area contributed by atoms with E-state index in [-0.39, 0.29) is 12.5 Å². The summed E-state index contributed by atoms with van der Waals surface area (Å²) in [5, 5.41) is 11.6. The van der Waals surface area contributed by atoms with Gasteiger partial charge in [0.15, 0.2) is 0 Å². The predicted molar refractivity (Wildman–Crippen MR) is 58.9 cm³/mol. The fourth-order valence-electron chi connectivity index (χ4n) is 1.33. The molecule has 2 aromatic rings. The van der Waals surface area contributed by atoms with Crippen molar-refractivity contribution in [3.63, 3.8) is 0 Å². The summed E-state index contributed by atoms with van der Waals surface area (Å²) in [5.74, 6) is -0.257. The normalized spacial score (nSPS) is 10.1. The Bertz CT molecular complexity index is 480. The lowest BCUT2D eigenvalue weighted by Gasteiger charge is -2.04. The number of aromatic nitrogens is 2. The Kier molecular flexibility index (Phi) is 2.98. The number of rotatable bonds is 3. The van der Waals surface area contributed by atoms with Gasteiger partial charge < -0.3 is 15.4 Å². The van der Waals surface area contributed by atoms with Gasteiger partial charge in [-0.15, -0.1) is 0 Å². The van der Waals surface area contributed by atoms with E-state index in [0.717, 1.165) is 5.56 Å². The van der Waals surface area contributed by atoms with E-state index in [0.29, 0.717) is 11.4 Å². The third kappa shape index (κ3) is 2.26. The Morgan fingerprint density at radius 2 is 2.38 bits per heavy atom. The van der Waals surface area contributed by atoms with E-state index >= 15 is 0 Å². The fraction of sp³-hybridized carbons (Fsp3) is 0.0909. The summed E-state index contributed by atoms with van der Waals surface area (Å²) in [5.41, 5.74) is 1.79. The van der Waals surface area contributed by atoms with Crippen LogP contribution in [0.2, 0.25) is 0 Å². The molecule has 1 aromatic carbocycles. The summed E-state index contributed by atoms with van der Waals surface area (Å²) >= 11 is 0. The van der Waals surface area contributed by atoms with Gasteiger partial charge in [-0.2, -0.15) is 0 Å². The van der Waals surface area contributed by atoms with E-state index in [2.05, 4.69) is 15.3 Å². The highest BCUT2D eigenvalue weighted by molar-refractivity contribution is 6.02. The van der Waals surface area contributed by atoms with Gasteiger partial charge in [-0.1, -0.05) is 12.1 Å². The first-order chi connectivity index (χ1) is 7.79. The Morgan fingerprint density at radius 3 is 3.06 bits per heavy atom. The summed E-state index contributed by atoms with van der Waals surface area (Å²) in [6, 6.07) is 7.03. The molecule has 0 saturated heterocycles. The van der Waals surface area contributed by atoms with Crippen molar-refractivity contribution in [3.8, 4) is 0 Å². The Morgan fingerprint density at radius 1 is 1.50 bits per heavy atom. The molecule has 0 radical (unpaired) electrons. The summed E-state index contributed by atoms with van der Waals surface area (Å²) in [6.07, 6.45) is 2.89. The average Bonchev–Trinajstić information content (AvgIpc) is 2.83. The van der Waals surface area contributed by atoms with Gasteiger partial charge in [0.2, 0.25) is 0 Å². The quantitative estimate of drug-likeness (QED) is 0.721. The SMILES string of the molecule is O=C(Nc1cccc(CO)c1)c1cnc[nH]1. The molecule has 0 aliphatic heterocycles. The van der Waals surface area contributed by atoms with Crippen LogP contribution in [-0.4, -0.2) is 21.0 Å². The number of amides is 1. The van der Waals surface area contributed by atoms with E-state index in [4.69, 9.17) is 5.11 Å². The smallest absolute Gasteiger partial charge is 0.273 e. The van der Waals surface area contributed by atoms with Crippen LogP contribution in [0, 0.1) is 0 Å². The summed E-state index contributed by atoms with van der Waals surface area (Å²) in [6.45, 7) is -0.0478. The van der Waals surface area contributed by atoms with Gasteiger partial charge in [-0.25, -0.2) is 4.98 Å². The Labute approximate surface area is 92.2 Å². The first kappa shape index (κ1) is 10.4. The third-order valence-corrected chi connectivity index (χ3v) is 2.11. The van der Waals surface area contributed by atoms with Crippen LogP contribution in [0.15, 0.2) is 36.8 Å². The van der Waals surface area contributed by atoms with Crippen LogP contribution in [0.4, 0.5) is 5.69 Å². The Hall–Kier alpha value is -2.14. The molecule has 0 bridgehead atoms. The van der Waals surface area contributed by atoms with Crippen LogP contribution < -0.4 is 5.32 Å². The fourth-order valence-corrected chi connectivity index (χ4v) is 1.33. The number of aliphatic hydroxyl groups excluding tert-OH is 1. The molecular weight excluding hydrogens is 206 g/mol. The van der Waals surface area contributed by atoms with Crippen molar-refractivity contribution in [2.24, 2.45) is 0 Å². The monoisotopic (exact) mass is 217 g/mol. The molecule has 5 heteroatoms. The number of nitrogens with zero attached hydrogens (tertiary/aromatic N) is 1. The van der Waals surface area contributed by atoms with Crippen LogP contribution in [0.25, 0.3) is 0 Å². The van der Waals surface area contributed by atoms with Gasteiger partial charge in [-0.05, 0) is 17.7 Å². The minimum absolute atomic E-state index is 0.0478. The lowest BCUT2D eigenvalue weighted by molar-refractivity contribution is 0.102. The molecule has 0 atom stereocenters. The second-order valence-corrected chi connectivity index (χ2v) is 3.28. The van der Waals surface area contributed by atoms with Crippen molar-refractivity contribution in [2.75, 3.05) is 5.32 Å². The number of aliphatic hydroxyl groups is 1. The zero-order valence-corrected chi connectivity index (χ0v) is 8.47. The molecule has 0 fully saturated rings. The van der Waals surface area contributed by atoms with E-state index in [1.165, 1.54) is 12.5 Å². The molecule has 3 N–H and O–H groups in total. The van der Waals surface area contributed by atoms with Gasteiger partial charge in [0.25, 0.3) is 5.91 Å². The minimum Gasteiger partial charge on any atom is -0.392 e. The second-order valence-electron chi connectivity index (χ2n) is 3.28. The maximum Gasteiger partial charge on any atom is 0.273 e. The van der Waals surface area contributed by atoms with E-state index in [1.807, 2.05) is 0 Å². The molecule has 0 saturated carbocycles. The molecule has 0 unspecified atom stereocenters. The summed E-state index contributed by atoms with van der Waals surface area (Å²) in [7, 11) is 0. The van der Waals surface area contributed by atoms with Gasteiger partial charge >= 0.3 is 0 Å². The highest BCUT2D eigenvalue weighted by Gasteiger charge is 2.06. The van der Waals surface area contributed by atoms with E-state index < -0.39 is 0 Å². The predicted octanol–water partition coefficient (Wildman–Crippen LogP) is 1.15. The lowest BCUT2D eigenvalue weighted by Crippen LogP contribution is -2.12. The van der Waals surface area contributed by atoms with Gasteiger partial charge in [0, 0.05) is 5.69 Å². The molecule has 1 amide bonds. The maximum absolute atomic E-state index is 11.6. The molecule has 5 nitrogen and oxygen atoms in total. The third-order valence-electron chi connectivity index (χ3n) is 2.11. The number of carbonyl (C=O) groups is 1. The summed E-state index contributed by atoms with van der Waals surface area (Å²) in [4.78, 5) is 18.1. The van der Waals surface area contributed by atoms with Crippen molar-refractivity contribution >= 4 is 11.6 Å². The topological polar surface area (TPSA) is 78.0 Å². The van der Waals surface area contributed by atoms with Crippen LogP contribution in [0.1, 0.15) is 16.1 Å². The molecule has 82 valence electrons. The first-order valence-corrected chi connectivity index (χ1v) is 4.79. The molecule has 0 aliphatic rings. The molecular formula is C11H11N3O2. The molecule has 1 aromatic heterocycles. The highest BCUT2D eigenvalue weighted by Crippen LogP contribution is 2.11. The van der Waals surface area contributed by atoms with Gasteiger partial charge in [0.1, 0.15) is 5.69 Å². The van der Waals surface area contributed by atoms with E-state index in [9.17, 15) is 4.79 Å². The molecule has 0 spiro atoms. The first-order valence-electron chi connectivity index (χ1n) is 4.79. The molecule has 0 aliphatic carbocycles. The second kappa shape index (κ2) is 4.59.